The van der Waals surface area contributed by atoms with Crippen LogP contribution in [0, 0.1) is 3.57 Å². The van der Waals surface area contributed by atoms with Crippen molar-refractivity contribution in [2.24, 2.45) is 5.73 Å². The van der Waals surface area contributed by atoms with Crippen LogP contribution >= 0.6 is 22.6 Å². The SMILES string of the molecule is BC1CCCN1C(=O)CNC(=O)C(N)Cc1ccc(I)cc1. The summed E-state index contributed by atoms with van der Waals surface area (Å²) >= 11 is 2.23. The smallest absolute Gasteiger partial charge is 0.241 e. The molecular formula is C15H21BIN3O2. The highest BCUT2D eigenvalue weighted by Crippen LogP contribution is 2.13. The van der Waals surface area contributed by atoms with Gasteiger partial charge in [0.2, 0.25) is 11.8 Å². The molecule has 3 N–H and O–H groups in total. The first-order valence-electron chi connectivity index (χ1n) is 7.54. The van der Waals surface area contributed by atoms with E-state index < -0.39 is 6.04 Å². The third-order valence-corrected chi connectivity index (χ3v) is 4.71. The fraction of sp³-hybridized carbons (Fsp3) is 0.467. The molecule has 0 radical (unpaired) electrons. The summed E-state index contributed by atoms with van der Waals surface area (Å²) in [5.74, 6) is -0.0385. The molecule has 0 bridgehead atoms. The van der Waals surface area contributed by atoms with Gasteiger partial charge in [-0.15, -0.1) is 0 Å². The lowest BCUT2D eigenvalue weighted by molar-refractivity contribution is -0.132. The minimum absolute atomic E-state index is 0.0279. The van der Waals surface area contributed by atoms with E-state index in [-0.39, 0.29) is 24.3 Å². The minimum Gasteiger partial charge on any atom is -0.346 e. The predicted molar refractivity (Wildman–Crippen MR) is 97.1 cm³/mol. The van der Waals surface area contributed by atoms with Gasteiger partial charge in [0.1, 0.15) is 7.85 Å². The molecule has 0 spiro atoms. The Morgan fingerprint density at radius 3 is 2.68 bits per heavy atom. The van der Waals surface area contributed by atoms with Gasteiger partial charge in [-0.05, 0) is 65.5 Å². The van der Waals surface area contributed by atoms with E-state index in [2.05, 4.69) is 27.9 Å². The van der Waals surface area contributed by atoms with E-state index >= 15 is 0 Å². The van der Waals surface area contributed by atoms with E-state index in [9.17, 15) is 9.59 Å². The molecule has 1 fully saturated rings. The van der Waals surface area contributed by atoms with Crippen LogP contribution in [-0.4, -0.2) is 49.6 Å². The van der Waals surface area contributed by atoms with Crippen molar-refractivity contribution in [1.82, 2.24) is 10.2 Å². The number of rotatable bonds is 5. The maximum Gasteiger partial charge on any atom is 0.241 e. The van der Waals surface area contributed by atoms with Crippen molar-refractivity contribution >= 4 is 42.3 Å². The molecule has 22 heavy (non-hydrogen) atoms. The highest BCUT2D eigenvalue weighted by atomic mass is 127. The lowest BCUT2D eigenvalue weighted by atomic mass is 9.94. The van der Waals surface area contributed by atoms with Gasteiger partial charge in [-0.1, -0.05) is 12.1 Å². The van der Waals surface area contributed by atoms with Gasteiger partial charge >= 0.3 is 0 Å². The number of nitrogens with zero attached hydrogens (tertiary/aromatic N) is 1. The molecule has 2 unspecified atom stereocenters. The fourth-order valence-corrected chi connectivity index (χ4v) is 3.03. The molecule has 2 rings (SSSR count). The van der Waals surface area contributed by atoms with E-state index in [0.717, 1.165) is 28.5 Å². The van der Waals surface area contributed by atoms with Crippen LogP contribution in [-0.2, 0) is 16.0 Å². The van der Waals surface area contributed by atoms with Crippen molar-refractivity contribution in [3.05, 3.63) is 33.4 Å². The molecule has 7 heteroatoms. The molecule has 0 saturated carbocycles. The van der Waals surface area contributed by atoms with Gasteiger partial charge in [0.05, 0.1) is 12.6 Å². The number of nitrogens with two attached hydrogens (primary N) is 1. The summed E-state index contributed by atoms with van der Waals surface area (Å²) in [6.07, 6.45) is 2.54. The van der Waals surface area contributed by atoms with Crippen molar-refractivity contribution in [2.45, 2.75) is 31.2 Å². The molecule has 0 aliphatic carbocycles. The summed E-state index contributed by atoms with van der Waals surface area (Å²) in [5, 5.41) is 2.65. The summed E-state index contributed by atoms with van der Waals surface area (Å²) < 4.78 is 1.14. The van der Waals surface area contributed by atoms with Crippen LogP contribution in [0.2, 0.25) is 0 Å². The van der Waals surface area contributed by atoms with Gasteiger partial charge in [0.25, 0.3) is 0 Å². The number of amides is 2. The monoisotopic (exact) mass is 413 g/mol. The number of hydrogen-bond donors (Lipinski definition) is 2. The molecule has 1 aliphatic heterocycles. The molecule has 1 aromatic rings. The molecule has 5 nitrogen and oxygen atoms in total. The Kier molecular flexibility index (Phi) is 6.25. The van der Waals surface area contributed by atoms with E-state index in [1.807, 2.05) is 37.0 Å². The Bertz CT molecular complexity index is 538. The molecule has 2 amide bonds. The second-order valence-electron chi connectivity index (χ2n) is 5.73. The number of hydrogen-bond acceptors (Lipinski definition) is 3. The summed E-state index contributed by atoms with van der Waals surface area (Å²) in [6.45, 7) is 0.814. The normalized spacial score (nSPS) is 19.0. The first-order chi connectivity index (χ1) is 10.5. The second-order valence-corrected chi connectivity index (χ2v) is 6.98. The Labute approximate surface area is 145 Å². The highest BCUT2D eigenvalue weighted by Gasteiger charge is 2.25. The van der Waals surface area contributed by atoms with Crippen LogP contribution in [0.5, 0.6) is 0 Å². The maximum absolute atomic E-state index is 12.0. The molecular weight excluding hydrogens is 392 g/mol. The van der Waals surface area contributed by atoms with Crippen LogP contribution in [0.1, 0.15) is 18.4 Å². The van der Waals surface area contributed by atoms with E-state index in [1.165, 1.54) is 0 Å². The lowest BCUT2D eigenvalue weighted by Gasteiger charge is -2.22. The maximum atomic E-state index is 12.0. The topological polar surface area (TPSA) is 75.4 Å². The predicted octanol–water partition coefficient (Wildman–Crippen LogP) is -0.141. The quantitative estimate of drug-likeness (QED) is 0.522. The minimum atomic E-state index is -0.635. The zero-order valence-electron chi connectivity index (χ0n) is 12.7. The van der Waals surface area contributed by atoms with Gasteiger partial charge in [-0.3, -0.25) is 9.59 Å². The molecule has 118 valence electrons. The van der Waals surface area contributed by atoms with Crippen molar-refractivity contribution < 1.29 is 9.59 Å². The molecule has 2 atom stereocenters. The molecule has 1 heterocycles. The number of likely N-dealkylation sites (tertiary alicyclic amines) is 1. The Morgan fingerprint density at radius 1 is 1.41 bits per heavy atom. The van der Waals surface area contributed by atoms with Crippen molar-refractivity contribution in [1.29, 1.82) is 0 Å². The Hall–Kier alpha value is -1.09. The molecule has 1 saturated heterocycles. The van der Waals surface area contributed by atoms with E-state index in [4.69, 9.17) is 5.73 Å². The zero-order chi connectivity index (χ0) is 16.1. The largest absolute Gasteiger partial charge is 0.346 e. The molecule has 0 aromatic heterocycles. The third-order valence-electron chi connectivity index (χ3n) is 3.99. The lowest BCUT2D eigenvalue weighted by Crippen LogP contribution is -2.47. The average Bonchev–Trinajstić information content (AvgIpc) is 2.93. The Morgan fingerprint density at radius 2 is 2.09 bits per heavy atom. The summed E-state index contributed by atoms with van der Waals surface area (Å²) in [5.41, 5.74) is 6.93. The number of halogens is 1. The van der Waals surface area contributed by atoms with Crippen molar-refractivity contribution in [3.63, 3.8) is 0 Å². The van der Waals surface area contributed by atoms with Crippen LogP contribution in [0.15, 0.2) is 24.3 Å². The molecule has 1 aliphatic rings. The first-order valence-corrected chi connectivity index (χ1v) is 8.62. The summed E-state index contributed by atoms with van der Waals surface area (Å²) in [7, 11) is 2.04. The third kappa shape index (κ3) is 4.71. The standard InChI is InChI=1S/C15H21BIN3O2/c16-13-2-1-7-20(13)14(21)9-19-15(22)12(18)8-10-3-5-11(17)6-4-10/h3-6,12-13H,1-2,7-9,16,18H2,(H,19,22). The fourth-order valence-electron chi connectivity index (χ4n) is 2.67. The van der Waals surface area contributed by atoms with Crippen molar-refractivity contribution in [2.75, 3.05) is 13.1 Å². The van der Waals surface area contributed by atoms with Gasteiger partial charge < -0.3 is 16.0 Å². The zero-order valence-corrected chi connectivity index (χ0v) is 14.9. The number of nitrogens with one attached hydrogen (secondary N) is 1. The van der Waals surface area contributed by atoms with Gasteiger partial charge in [0, 0.05) is 10.1 Å². The Balaban J connectivity index is 1.78. The molecule has 1 aromatic carbocycles. The van der Waals surface area contributed by atoms with E-state index in [0.29, 0.717) is 6.42 Å². The van der Waals surface area contributed by atoms with Crippen LogP contribution in [0.3, 0.4) is 0 Å². The number of carbonyl (C=O) groups excluding carboxylic acids is 2. The average molecular weight is 413 g/mol. The van der Waals surface area contributed by atoms with Crippen molar-refractivity contribution in [3.8, 4) is 0 Å². The van der Waals surface area contributed by atoms with Gasteiger partial charge in [-0.2, -0.15) is 0 Å². The van der Waals surface area contributed by atoms with Crippen LogP contribution in [0.25, 0.3) is 0 Å². The highest BCUT2D eigenvalue weighted by molar-refractivity contribution is 14.1. The number of carbonyl (C=O) groups is 2. The summed E-state index contributed by atoms with van der Waals surface area (Å²) in [6, 6.07) is 7.26. The first kappa shape index (κ1) is 17.3. The summed E-state index contributed by atoms with van der Waals surface area (Å²) in [4.78, 5) is 25.9. The van der Waals surface area contributed by atoms with Gasteiger partial charge in [0.15, 0.2) is 0 Å². The van der Waals surface area contributed by atoms with Crippen LogP contribution in [0.4, 0.5) is 0 Å². The second kappa shape index (κ2) is 7.96. The number of benzene rings is 1. The van der Waals surface area contributed by atoms with E-state index in [1.54, 1.807) is 0 Å². The van der Waals surface area contributed by atoms with Gasteiger partial charge in [-0.25, -0.2) is 0 Å². The van der Waals surface area contributed by atoms with Crippen LogP contribution < -0.4 is 11.1 Å².